The zero-order valence-electron chi connectivity index (χ0n) is 18.2. The molecule has 0 aromatic heterocycles. The highest BCUT2D eigenvalue weighted by molar-refractivity contribution is 5.83. The molecule has 3 aromatic carbocycles. The van der Waals surface area contributed by atoms with Crippen LogP contribution in [0, 0.1) is 0 Å². The molecule has 3 atom stereocenters. The fraction of sp³-hybridized carbons (Fsp3) is 0.296. The molecule has 0 unspecified atom stereocenters. The Kier molecular flexibility index (Phi) is 7.13. The zero-order chi connectivity index (χ0) is 21.5. The molecule has 31 heavy (non-hydrogen) atoms. The summed E-state index contributed by atoms with van der Waals surface area (Å²) in [5.74, 6) is 0.780. The van der Waals surface area contributed by atoms with Crippen molar-refractivity contribution in [2.45, 2.75) is 38.2 Å². The van der Waals surface area contributed by atoms with Crippen molar-refractivity contribution in [3.63, 3.8) is 0 Å². The first-order valence-corrected chi connectivity index (χ1v) is 10.8. The van der Waals surface area contributed by atoms with Crippen molar-refractivity contribution in [3.05, 3.63) is 108 Å². The summed E-state index contributed by atoms with van der Waals surface area (Å²) in [5.41, 5.74) is 3.68. The minimum absolute atomic E-state index is 0.0356. The number of aliphatic imine (C=N–C) groups is 1. The Bertz CT molecular complexity index is 919. The molecule has 0 bridgehead atoms. The lowest BCUT2D eigenvalue weighted by Gasteiger charge is -2.29. The van der Waals surface area contributed by atoms with Crippen molar-refractivity contribution in [1.82, 2.24) is 4.90 Å². The molecule has 3 aromatic rings. The van der Waals surface area contributed by atoms with E-state index in [-0.39, 0.29) is 18.2 Å². The summed E-state index contributed by atoms with van der Waals surface area (Å²) in [6.45, 7) is 4.36. The van der Waals surface area contributed by atoms with Crippen LogP contribution in [-0.2, 0) is 22.6 Å². The summed E-state index contributed by atoms with van der Waals surface area (Å²) in [6, 6.07) is 31.4. The molecule has 0 radical (unpaired) electrons. The number of hydrogen-bond donors (Lipinski definition) is 0. The zero-order valence-corrected chi connectivity index (χ0v) is 18.2. The van der Waals surface area contributed by atoms with Crippen LogP contribution in [0.2, 0.25) is 0 Å². The van der Waals surface area contributed by atoms with Gasteiger partial charge >= 0.3 is 0 Å². The fourth-order valence-corrected chi connectivity index (χ4v) is 4.03. The van der Waals surface area contributed by atoms with E-state index >= 15 is 0 Å². The minimum Gasteiger partial charge on any atom is -0.469 e. The first-order chi connectivity index (χ1) is 15.2. The Morgan fingerprint density at radius 2 is 1.35 bits per heavy atom. The molecule has 0 saturated heterocycles. The monoisotopic (exact) mass is 414 g/mol. The SMILES string of the molecule is COC[C@@H]1N=C([C@@H](C)N(Cc2ccccc2)Cc2ccccc2)O[C@H]1c1ccccc1. The average molecular weight is 415 g/mol. The van der Waals surface area contributed by atoms with Crippen molar-refractivity contribution >= 4 is 5.90 Å². The molecule has 0 spiro atoms. The molecule has 0 saturated carbocycles. The van der Waals surface area contributed by atoms with Crippen molar-refractivity contribution in [2.24, 2.45) is 4.99 Å². The maximum absolute atomic E-state index is 6.46. The first-order valence-electron chi connectivity index (χ1n) is 10.8. The molecular formula is C27H30N2O2. The van der Waals surface area contributed by atoms with Crippen LogP contribution < -0.4 is 0 Å². The topological polar surface area (TPSA) is 34.1 Å². The van der Waals surface area contributed by atoms with Gasteiger partial charge in [0.15, 0.2) is 0 Å². The molecule has 0 fully saturated rings. The van der Waals surface area contributed by atoms with E-state index in [4.69, 9.17) is 14.5 Å². The average Bonchev–Trinajstić information content (AvgIpc) is 3.24. The van der Waals surface area contributed by atoms with E-state index in [0.717, 1.165) is 24.6 Å². The highest BCUT2D eigenvalue weighted by Gasteiger charge is 2.36. The summed E-state index contributed by atoms with van der Waals surface area (Å²) in [4.78, 5) is 7.38. The number of ether oxygens (including phenoxy) is 2. The highest BCUT2D eigenvalue weighted by atomic mass is 16.5. The standard InChI is InChI=1S/C27H30N2O2/c1-21(27-28-25(20-30-2)26(31-27)24-16-10-5-11-17-24)29(18-22-12-6-3-7-13-22)19-23-14-8-4-9-15-23/h3-17,21,25-26H,18-20H2,1-2H3/t21-,25+,26+/m1/s1. The van der Waals surface area contributed by atoms with Crippen LogP contribution in [0.3, 0.4) is 0 Å². The summed E-state index contributed by atoms with van der Waals surface area (Å²) >= 11 is 0. The molecule has 1 aliphatic heterocycles. The molecular weight excluding hydrogens is 384 g/mol. The molecule has 4 nitrogen and oxygen atoms in total. The largest absolute Gasteiger partial charge is 0.469 e. The molecule has 0 aliphatic carbocycles. The van der Waals surface area contributed by atoms with Crippen LogP contribution >= 0.6 is 0 Å². The molecule has 0 N–H and O–H groups in total. The summed E-state index contributed by atoms with van der Waals surface area (Å²) in [7, 11) is 1.72. The number of benzene rings is 3. The van der Waals surface area contributed by atoms with Crippen molar-refractivity contribution < 1.29 is 9.47 Å². The van der Waals surface area contributed by atoms with E-state index in [0.29, 0.717) is 6.61 Å². The second-order valence-electron chi connectivity index (χ2n) is 7.99. The predicted octanol–water partition coefficient (Wildman–Crippen LogP) is 5.26. The first kappa shape index (κ1) is 21.3. The van der Waals surface area contributed by atoms with Crippen molar-refractivity contribution in [3.8, 4) is 0 Å². The number of hydrogen-bond acceptors (Lipinski definition) is 4. The van der Waals surface area contributed by atoms with E-state index in [1.807, 2.05) is 18.2 Å². The van der Waals surface area contributed by atoms with Crippen LogP contribution in [0.25, 0.3) is 0 Å². The van der Waals surface area contributed by atoms with Crippen LogP contribution in [0.15, 0.2) is 96.0 Å². The van der Waals surface area contributed by atoms with Gasteiger partial charge in [0.2, 0.25) is 5.90 Å². The van der Waals surface area contributed by atoms with E-state index in [1.54, 1.807) is 7.11 Å². The van der Waals surface area contributed by atoms with Gasteiger partial charge in [0.05, 0.1) is 12.6 Å². The van der Waals surface area contributed by atoms with Crippen molar-refractivity contribution in [1.29, 1.82) is 0 Å². The van der Waals surface area contributed by atoms with Gasteiger partial charge in [-0.2, -0.15) is 0 Å². The van der Waals surface area contributed by atoms with Gasteiger partial charge in [0.25, 0.3) is 0 Å². The maximum atomic E-state index is 6.46. The minimum atomic E-state index is -0.117. The van der Waals surface area contributed by atoms with Gasteiger partial charge in [0.1, 0.15) is 12.1 Å². The second-order valence-corrected chi connectivity index (χ2v) is 7.99. The Balaban J connectivity index is 1.57. The summed E-state index contributed by atoms with van der Waals surface area (Å²) in [5, 5.41) is 0. The fourth-order valence-electron chi connectivity index (χ4n) is 4.03. The van der Waals surface area contributed by atoms with Gasteiger partial charge < -0.3 is 9.47 Å². The quantitative estimate of drug-likeness (QED) is 0.479. The van der Waals surface area contributed by atoms with Crippen LogP contribution in [-0.4, -0.2) is 36.6 Å². The van der Waals surface area contributed by atoms with Gasteiger partial charge in [-0.05, 0) is 23.6 Å². The van der Waals surface area contributed by atoms with Crippen LogP contribution in [0.5, 0.6) is 0 Å². The van der Waals surface area contributed by atoms with E-state index < -0.39 is 0 Å². The Morgan fingerprint density at radius 3 is 1.87 bits per heavy atom. The normalized spacial score (nSPS) is 19.1. The summed E-state index contributed by atoms with van der Waals surface area (Å²) in [6.07, 6.45) is -0.117. The molecule has 1 heterocycles. The lowest BCUT2D eigenvalue weighted by molar-refractivity contribution is 0.111. The van der Waals surface area contributed by atoms with Crippen LogP contribution in [0.1, 0.15) is 29.7 Å². The number of methoxy groups -OCH3 is 1. The van der Waals surface area contributed by atoms with Crippen LogP contribution in [0.4, 0.5) is 0 Å². The van der Waals surface area contributed by atoms with Gasteiger partial charge in [-0.25, -0.2) is 4.99 Å². The highest BCUT2D eigenvalue weighted by Crippen LogP contribution is 2.31. The van der Waals surface area contributed by atoms with E-state index in [1.165, 1.54) is 11.1 Å². The molecule has 160 valence electrons. The molecule has 4 heteroatoms. The van der Waals surface area contributed by atoms with E-state index in [2.05, 4.69) is 84.6 Å². The molecule has 4 rings (SSSR count). The second kappa shape index (κ2) is 10.4. The maximum Gasteiger partial charge on any atom is 0.202 e. The number of rotatable bonds is 9. The van der Waals surface area contributed by atoms with Gasteiger partial charge in [-0.1, -0.05) is 91.0 Å². The lowest BCUT2D eigenvalue weighted by Crippen LogP contribution is -2.38. The molecule has 0 amide bonds. The van der Waals surface area contributed by atoms with Gasteiger partial charge in [-0.3, -0.25) is 4.90 Å². The predicted molar refractivity (Wildman–Crippen MR) is 125 cm³/mol. The summed E-state index contributed by atoms with van der Waals surface area (Å²) < 4.78 is 11.9. The third-order valence-corrected chi connectivity index (χ3v) is 5.72. The molecule has 1 aliphatic rings. The van der Waals surface area contributed by atoms with Gasteiger partial charge in [-0.15, -0.1) is 0 Å². The Morgan fingerprint density at radius 1 is 0.839 bits per heavy atom. The Hall–Kier alpha value is -2.95. The smallest absolute Gasteiger partial charge is 0.202 e. The third-order valence-electron chi connectivity index (χ3n) is 5.72. The lowest BCUT2D eigenvalue weighted by atomic mass is 10.0. The van der Waals surface area contributed by atoms with Gasteiger partial charge in [0, 0.05) is 20.2 Å². The number of nitrogens with zero attached hydrogens (tertiary/aromatic N) is 2. The Labute approximate surface area is 185 Å². The van der Waals surface area contributed by atoms with E-state index in [9.17, 15) is 0 Å². The third kappa shape index (κ3) is 5.40. The van der Waals surface area contributed by atoms with Crippen molar-refractivity contribution in [2.75, 3.05) is 13.7 Å².